The Hall–Kier alpha value is -0.880. The molecule has 0 radical (unpaired) electrons. The van der Waals surface area contributed by atoms with Crippen molar-refractivity contribution in [1.29, 1.82) is 0 Å². The van der Waals surface area contributed by atoms with E-state index in [-0.39, 0.29) is 12.4 Å². The zero-order valence-electron chi connectivity index (χ0n) is 12.7. The number of aryl methyl sites for hydroxylation is 3. The third kappa shape index (κ3) is 4.54. The van der Waals surface area contributed by atoms with Gasteiger partial charge < -0.3 is 5.32 Å². The van der Waals surface area contributed by atoms with E-state index < -0.39 is 10.0 Å². The molecule has 0 saturated heterocycles. The fourth-order valence-corrected chi connectivity index (χ4v) is 4.17. The van der Waals surface area contributed by atoms with Gasteiger partial charge in [-0.3, -0.25) is 0 Å². The normalized spacial score (nSPS) is 15.3. The van der Waals surface area contributed by atoms with Gasteiger partial charge in [0.2, 0.25) is 10.0 Å². The summed E-state index contributed by atoms with van der Waals surface area (Å²) in [6.07, 6.45) is 2.95. The van der Waals surface area contributed by atoms with Gasteiger partial charge in [0.05, 0.1) is 4.90 Å². The van der Waals surface area contributed by atoms with Crippen LogP contribution in [-0.4, -0.2) is 28.1 Å². The van der Waals surface area contributed by atoms with Crippen LogP contribution in [0.5, 0.6) is 0 Å². The Bertz CT molecular complexity index is 616. The Morgan fingerprint density at radius 2 is 1.81 bits per heavy atom. The van der Waals surface area contributed by atoms with Crippen LogP contribution < -0.4 is 10.0 Å². The molecule has 1 aromatic rings. The largest absolute Gasteiger partial charge is 0.313 e. The summed E-state index contributed by atoms with van der Waals surface area (Å²) in [5.41, 5.74) is 3.83. The zero-order valence-corrected chi connectivity index (χ0v) is 14.3. The number of halogens is 1. The molecule has 0 fully saturated rings. The Labute approximate surface area is 133 Å². The third-order valence-electron chi connectivity index (χ3n) is 3.52. The van der Waals surface area contributed by atoms with Crippen molar-refractivity contribution in [3.8, 4) is 0 Å². The lowest BCUT2D eigenvalue weighted by molar-refractivity contribution is 0.581. The van der Waals surface area contributed by atoms with Crippen molar-refractivity contribution >= 4 is 22.4 Å². The maximum Gasteiger partial charge on any atom is 0.241 e. The van der Waals surface area contributed by atoms with Gasteiger partial charge in [-0.25, -0.2) is 13.1 Å². The van der Waals surface area contributed by atoms with Crippen molar-refractivity contribution in [2.45, 2.75) is 32.1 Å². The van der Waals surface area contributed by atoms with Crippen LogP contribution in [0.3, 0.4) is 0 Å². The number of rotatable bonds is 4. The van der Waals surface area contributed by atoms with E-state index in [0.717, 1.165) is 41.8 Å². The van der Waals surface area contributed by atoms with Gasteiger partial charge in [-0.15, -0.1) is 12.4 Å². The molecule has 0 aromatic heterocycles. The van der Waals surface area contributed by atoms with Gasteiger partial charge in [-0.2, -0.15) is 0 Å². The van der Waals surface area contributed by atoms with Crippen molar-refractivity contribution in [1.82, 2.24) is 10.0 Å². The van der Waals surface area contributed by atoms with Crippen LogP contribution in [0.25, 0.3) is 0 Å². The van der Waals surface area contributed by atoms with Crippen molar-refractivity contribution in [3.05, 3.63) is 40.5 Å². The molecule has 0 aliphatic carbocycles. The number of nitrogens with one attached hydrogen (secondary N) is 2. The standard InChI is InChI=1S/C15H22N2O2S.ClH/c1-11-8-12(2)15(13(3)9-11)20(18,19)17-10-14-4-6-16-7-5-14;/h4,8-9,16-17H,5-7,10H2,1-3H3;1H. The molecule has 0 bridgehead atoms. The van der Waals surface area contributed by atoms with Gasteiger partial charge in [-0.1, -0.05) is 29.3 Å². The third-order valence-corrected chi connectivity index (χ3v) is 5.23. The molecule has 0 saturated carbocycles. The van der Waals surface area contributed by atoms with Gasteiger partial charge in [0.25, 0.3) is 0 Å². The summed E-state index contributed by atoms with van der Waals surface area (Å²) in [4.78, 5) is 0.414. The number of sulfonamides is 1. The van der Waals surface area contributed by atoms with Crippen LogP contribution in [0.2, 0.25) is 0 Å². The van der Waals surface area contributed by atoms with Crippen molar-refractivity contribution < 1.29 is 8.42 Å². The Morgan fingerprint density at radius 1 is 1.19 bits per heavy atom. The summed E-state index contributed by atoms with van der Waals surface area (Å²) in [5.74, 6) is 0. The minimum absolute atomic E-state index is 0. The van der Waals surface area contributed by atoms with E-state index in [1.54, 1.807) is 0 Å². The molecule has 6 heteroatoms. The minimum atomic E-state index is -3.45. The molecule has 4 nitrogen and oxygen atoms in total. The Morgan fingerprint density at radius 3 is 2.33 bits per heavy atom. The predicted octanol–water partition coefficient (Wildman–Crippen LogP) is 2.23. The SMILES string of the molecule is Cc1cc(C)c(S(=O)(=O)NCC2=CCNCC2)c(C)c1.Cl. The summed E-state index contributed by atoms with van der Waals surface area (Å²) in [5, 5.41) is 3.21. The average molecular weight is 331 g/mol. The van der Waals surface area contributed by atoms with Crippen molar-refractivity contribution in [2.24, 2.45) is 0 Å². The van der Waals surface area contributed by atoms with Crippen LogP contribution in [0.15, 0.2) is 28.7 Å². The molecular weight excluding hydrogens is 308 g/mol. The summed E-state index contributed by atoms with van der Waals surface area (Å²) < 4.78 is 27.7. The second-order valence-corrected chi connectivity index (χ2v) is 7.07. The van der Waals surface area contributed by atoms with Gasteiger partial charge in [0, 0.05) is 13.1 Å². The molecule has 2 rings (SSSR count). The molecule has 118 valence electrons. The first kappa shape index (κ1) is 18.2. The molecule has 1 aliphatic heterocycles. The van der Waals surface area contributed by atoms with Crippen molar-refractivity contribution in [3.63, 3.8) is 0 Å². The highest BCUT2D eigenvalue weighted by Crippen LogP contribution is 2.21. The first-order chi connectivity index (χ1) is 9.40. The molecular formula is C15H23ClN2O2S. The average Bonchev–Trinajstić information content (AvgIpc) is 2.36. The van der Waals surface area contributed by atoms with Crippen LogP contribution in [0.1, 0.15) is 23.1 Å². The van der Waals surface area contributed by atoms with Gasteiger partial charge in [0.15, 0.2) is 0 Å². The lowest BCUT2D eigenvalue weighted by atomic mass is 10.1. The maximum atomic E-state index is 12.5. The number of hydrogen-bond acceptors (Lipinski definition) is 3. The second-order valence-electron chi connectivity index (χ2n) is 5.37. The lowest BCUT2D eigenvalue weighted by Gasteiger charge is -2.16. The van der Waals surface area contributed by atoms with E-state index in [1.165, 1.54) is 0 Å². The Balaban J connectivity index is 0.00000220. The summed E-state index contributed by atoms with van der Waals surface area (Å²) in [6.45, 7) is 7.80. The first-order valence-corrected chi connectivity index (χ1v) is 8.34. The summed E-state index contributed by atoms with van der Waals surface area (Å²) in [6, 6.07) is 3.82. The van der Waals surface area contributed by atoms with Crippen LogP contribution in [0.4, 0.5) is 0 Å². The molecule has 1 heterocycles. The summed E-state index contributed by atoms with van der Waals surface area (Å²) in [7, 11) is -3.45. The highest BCUT2D eigenvalue weighted by Gasteiger charge is 2.20. The van der Waals surface area contributed by atoms with E-state index in [4.69, 9.17) is 0 Å². The monoisotopic (exact) mass is 330 g/mol. The molecule has 1 aromatic carbocycles. The van der Waals surface area contributed by atoms with Gasteiger partial charge >= 0.3 is 0 Å². The van der Waals surface area contributed by atoms with Crippen LogP contribution in [0, 0.1) is 20.8 Å². The van der Waals surface area contributed by atoms with Crippen LogP contribution in [-0.2, 0) is 10.0 Å². The van der Waals surface area contributed by atoms with E-state index in [9.17, 15) is 8.42 Å². The smallest absolute Gasteiger partial charge is 0.241 e. The van der Waals surface area contributed by atoms with Gasteiger partial charge in [-0.05, 0) is 44.9 Å². The number of benzene rings is 1. The second kappa shape index (κ2) is 7.40. The quantitative estimate of drug-likeness (QED) is 0.832. The molecule has 0 unspecified atom stereocenters. The van der Waals surface area contributed by atoms with E-state index in [0.29, 0.717) is 11.4 Å². The molecule has 2 N–H and O–H groups in total. The predicted molar refractivity (Wildman–Crippen MR) is 88.7 cm³/mol. The topological polar surface area (TPSA) is 58.2 Å². The fourth-order valence-electron chi connectivity index (χ4n) is 2.68. The molecule has 21 heavy (non-hydrogen) atoms. The highest BCUT2D eigenvalue weighted by atomic mass is 35.5. The maximum absolute atomic E-state index is 12.5. The summed E-state index contributed by atoms with van der Waals surface area (Å²) >= 11 is 0. The highest BCUT2D eigenvalue weighted by molar-refractivity contribution is 7.89. The molecule has 0 amide bonds. The van der Waals surface area contributed by atoms with Crippen LogP contribution >= 0.6 is 12.4 Å². The van der Waals surface area contributed by atoms with Crippen molar-refractivity contribution in [2.75, 3.05) is 19.6 Å². The minimum Gasteiger partial charge on any atom is -0.313 e. The number of hydrogen-bond donors (Lipinski definition) is 2. The van der Waals surface area contributed by atoms with Gasteiger partial charge in [0.1, 0.15) is 0 Å². The lowest BCUT2D eigenvalue weighted by Crippen LogP contribution is -2.30. The van der Waals surface area contributed by atoms with E-state index in [2.05, 4.69) is 16.1 Å². The zero-order chi connectivity index (χ0) is 14.8. The van der Waals surface area contributed by atoms with E-state index >= 15 is 0 Å². The van der Waals surface area contributed by atoms with E-state index in [1.807, 2.05) is 32.9 Å². The fraction of sp³-hybridized carbons (Fsp3) is 0.467. The molecule has 1 aliphatic rings. The molecule has 0 spiro atoms. The first-order valence-electron chi connectivity index (χ1n) is 6.86. The molecule has 0 atom stereocenters. The Kier molecular flexibility index (Phi) is 6.41.